The molecular formula is C14H21NO5S. The molecule has 1 rings (SSSR count). The maximum Gasteiger partial charge on any atom is 0.322 e. The fourth-order valence-corrected chi connectivity index (χ4v) is 3.72. The van der Waals surface area contributed by atoms with Gasteiger partial charge in [0.1, 0.15) is 11.8 Å². The maximum absolute atomic E-state index is 12.0. The first-order valence-corrected chi connectivity index (χ1v) is 8.14. The summed E-state index contributed by atoms with van der Waals surface area (Å²) in [7, 11) is -3.69. The smallest absolute Gasteiger partial charge is 0.322 e. The number of hydrogen-bond acceptors (Lipinski definition) is 4. The summed E-state index contributed by atoms with van der Waals surface area (Å²) >= 11 is 0. The standard InChI is InChI=1S/C14H21NO5S/c1-14(2,3)9-21(19,20)15-12(13(17)18)8-10-4-6-11(16)7-5-10/h4-7,12,15-16H,8-9H2,1-3H3,(H,17,18)/t12-/m1/s1. The highest BCUT2D eigenvalue weighted by molar-refractivity contribution is 7.89. The first-order valence-electron chi connectivity index (χ1n) is 6.49. The Labute approximate surface area is 124 Å². The molecule has 0 aliphatic heterocycles. The van der Waals surface area contributed by atoms with E-state index in [2.05, 4.69) is 4.72 Å². The summed E-state index contributed by atoms with van der Waals surface area (Å²) < 4.78 is 26.2. The molecule has 0 aromatic heterocycles. The number of sulfonamides is 1. The third-order valence-corrected chi connectivity index (χ3v) is 4.51. The number of phenolic OH excluding ortho intramolecular Hbond substituents is 1. The van der Waals surface area contributed by atoms with Gasteiger partial charge in [0.05, 0.1) is 5.75 Å². The van der Waals surface area contributed by atoms with Crippen molar-refractivity contribution in [3.63, 3.8) is 0 Å². The predicted octanol–water partition coefficient (Wildman–Crippen LogP) is 1.35. The number of aliphatic carboxylic acids is 1. The van der Waals surface area contributed by atoms with Crippen molar-refractivity contribution in [1.29, 1.82) is 0 Å². The lowest BCUT2D eigenvalue weighted by atomic mass is 10.0. The highest BCUT2D eigenvalue weighted by Gasteiger charge is 2.28. The van der Waals surface area contributed by atoms with Crippen molar-refractivity contribution in [1.82, 2.24) is 4.72 Å². The molecule has 0 saturated heterocycles. The van der Waals surface area contributed by atoms with E-state index in [0.29, 0.717) is 5.56 Å². The Morgan fingerprint density at radius 3 is 2.19 bits per heavy atom. The Bertz CT molecular complexity index is 587. The summed E-state index contributed by atoms with van der Waals surface area (Å²) in [6.07, 6.45) is 0.0129. The quantitative estimate of drug-likeness (QED) is 0.735. The average Bonchev–Trinajstić information content (AvgIpc) is 2.27. The number of carbonyl (C=O) groups is 1. The number of phenols is 1. The molecule has 0 radical (unpaired) electrons. The second-order valence-corrected chi connectivity index (χ2v) is 7.95. The molecule has 0 amide bonds. The van der Waals surface area contributed by atoms with Crippen LogP contribution >= 0.6 is 0 Å². The molecule has 1 aromatic rings. The van der Waals surface area contributed by atoms with E-state index in [1.165, 1.54) is 12.1 Å². The van der Waals surface area contributed by atoms with Crippen LogP contribution in [0.5, 0.6) is 5.75 Å². The van der Waals surface area contributed by atoms with Gasteiger partial charge in [-0.25, -0.2) is 13.1 Å². The number of rotatable bonds is 6. The van der Waals surface area contributed by atoms with E-state index < -0.39 is 27.4 Å². The summed E-state index contributed by atoms with van der Waals surface area (Å²) in [6, 6.07) is 4.74. The van der Waals surface area contributed by atoms with Gasteiger partial charge < -0.3 is 10.2 Å². The number of hydrogen-bond donors (Lipinski definition) is 3. The third kappa shape index (κ3) is 6.59. The van der Waals surface area contributed by atoms with E-state index >= 15 is 0 Å². The molecule has 21 heavy (non-hydrogen) atoms. The zero-order valence-corrected chi connectivity index (χ0v) is 13.1. The molecule has 6 nitrogen and oxygen atoms in total. The molecule has 7 heteroatoms. The largest absolute Gasteiger partial charge is 0.508 e. The highest BCUT2D eigenvalue weighted by atomic mass is 32.2. The van der Waals surface area contributed by atoms with Gasteiger partial charge in [-0.15, -0.1) is 0 Å². The van der Waals surface area contributed by atoms with E-state index in [4.69, 9.17) is 0 Å². The number of carboxylic acid groups (broad SMARTS) is 1. The van der Waals surface area contributed by atoms with E-state index in [9.17, 15) is 23.4 Å². The van der Waals surface area contributed by atoms with Crippen LogP contribution in [0.15, 0.2) is 24.3 Å². The van der Waals surface area contributed by atoms with Crippen molar-refractivity contribution in [2.45, 2.75) is 33.2 Å². The van der Waals surface area contributed by atoms with Gasteiger partial charge in [-0.1, -0.05) is 32.9 Å². The molecule has 1 aromatic carbocycles. The van der Waals surface area contributed by atoms with Gasteiger partial charge in [0.15, 0.2) is 0 Å². The monoisotopic (exact) mass is 315 g/mol. The molecule has 0 saturated carbocycles. The summed E-state index contributed by atoms with van der Waals surface area (Å²) in [5, 5.41) is 18.4. The second kappa shape index (κ2) is 6.44. The summed E-state index contributed by atoms with van der Waals surface area (Å²) in [4.78, 5) is 11.2. The van der Waals surface area contributed by atoms with Crippen molar-refractivity contribution < 1.29 is 23.4 Å². The van der Waals surface area contributed by atoms with Crippen LogP contribution in [0.3, 0.4) is 0 Å². The normalized spacial score (nSPS) is 13.9. The van der Waals surface area contributed by atoms with Gasteiger partial charge in [-0.05, 0) is 29.5 Å². The molecule has 0 spiro atoms. The number of carboxylic acids is 1. The van der Waals surface area contributed by atoms with Gasteiger partial charge >= 0.3 is 5.97 Å². The van der Waals surface area contributed by atoms with Gasteiger partial charge in [0.2, 0.25) is 10.0 Å². The first kappa shape index (κ1) is 17.5. The van der Waals surface area contributed by atoms with E-state index in [1.54, 1.807) is 32.9 Å². The molecule has 1 atom stereocenters. The Morgan fingerprint density at radius 2 is 1.76 bits per heavy atom. The SMILES string of the molecule is CC(C)(C)CS(=O)(=O)N[C@H](Cc1ccc(O)cc1)C(=O)O. The van der Waals surface area contributed by atoms with Crippen LogP contribution in [0.2, 0.25) is 0 Å². The second-order valence-electron chi connectivity index (χ2n) is 6.20. The minimum absolute atomic E-state index is 0.0129. The van der Waals surface area contributed by atoms with Crippen molar-refractivity contribution >= 4 is 16.0 Å². The molecule has 118 valence electrons. The zero-order chi connectivity index (χ0) is 16.3. The number of nitrogens with one attached hydrogen (secondary N) is 1. The molecule has 0 aliphatic rings. The first-order chi connectivity index (χ1) is 9.48. The van der Waals surface area contributed by atoms with Gasteiger partial charge in [-0.3, -0.25) is 4.79 Å². The van der Waals surface area contributed by atoms with Crippen LogP contribution in [0, 0.1) is 5.41 Å². The van der Waals surface area contributed by atoms with Crippen LogP contribution in [0.1, 0.15) is 26.3 Å². The van der Waals surface area contributed by atoms with Crippen LogP contribution in [0.25, 0.3) is 0 Å². The lowest BCUT2D eigenvalue weighted by Crippen LogP contribution is -2.44. The third-order valence-electron chi connectivity index (χ3n) is 2.62. The lowest BCUT2D eigenvalue weighted by Gasteiger charge is -2.21. The van der Waals surface area contributed by atoms with Crippen LogP contribution in [0.4, 0.5) is 0 Å². The van der Waals surface area contributed by atoms with Crippen molar-refractivity contribution in [2.75, 3.05) is 5.75 Å². The lowest BCUT2D eigenvalue weighted by molar-refractivity contribution is -0.138. The van der Waals surface area contributed by atoms with Gasteiger partial charge in [0.25, 0.3) is 0 Å². The Morgan fingerprint density at radius 1 is 1.24 bits per heavy atom. The van der Waals surface area contributed by atoms with Crippen LogP contribution in [-0.2, 0) is 21.2 Å². The number of aromatic hydroxyl groups is 1. The number of benzene rings is 1. The highest BCUT2D eigenvalue weighted by Crippen LogP contribution is 2.16. The molecule has 3 N–H and O–H groups in total. The van der Waals surface area contributed by atoms with Crippen molar-refractivity contribution in [3.8, 4) is 5.75 Å². The van der Waals surface area contributed by atoms with Gasteiger partial charge in [-0.2, -0.15) is 0 Å². The fourth-order valence-electron chi connectivity index (χ4n) is 1.88. The summed E-state index contributed by atoms with van der Waals surface area (Å²) in [5.41, 5.74) is 0.159. The Balaban J connectivity index is 2.83. The molecule has 0 aliphatic carbocycles. The summed E-state index contributed by atoms with van der Waals surface area (Å²) in [6.45, 7) is 5.30. The van der Waals surface area contributed by atoms with Crippen LogP contribution < -0.4 is 4.72 Å². The minimum Gasteiger partial charge on any atom is -0.508 e. The molecule has 0 bridgehead atoms. The van der Waals surface area contributed by atoms with E-state index in [0.717, 1.165) is 0 Å². The molecule has 0 unspecified atom stereocenters. The summed E-state index contributed by atoms with van der Waals surface area (Å²) in [5.74, 6) is -1.32. The average molecular weight is 315 g/mol. The predicted molar refractivity (Wildman–Crippen MR) is 79.6 cm³/mol. The van der Waals surface area contributed by atoms with E-state index in [-0.39, 0.29) is 17.9 Å². The zero-order valence-electron chi connectivity index (χ0n) is 12.3. The molecule has 0 fully saturated rings. The minimum atomic E-state index is -3.69. The van der Waals surface area contributed by atoms with Gasteiger partial charge in [0, 0.05) is 0 Å². The van der Waals surface area contributed by atoms with E-state index in [1.807, 2.05) is 0 Å². The molecular weight excluding hydrogens is 294 g/mol. The van der Waals surface area contributed by atoms with Crippen LogP contribution in [-0.4, -0.2) is 36.4 Å². The Kier molecular flexibility index (Phi) is 5.36. The maximum atomic E-state index is 12.0. The van der Waals surface area contributed by atoms with Crippen molar-refractivity contribution in [3.05, 3.63) is 29.8 Å². The topological polar surface area (TPSA) is 104 Å². The Hall–Kier alpha value is -1.60. The van der Waals surface area contributed by atoms with Crippen molar-refractivity contribution in [2.24, 2.45) is 5.41 Å². The fraction of sp³-hybridized carbons (Fsp3) is 0.500. The molecule has 0 heterocycles.